The van der Waals surface area contributed by atoms with Gasteiger partial charge in [-0.1, -0.05) is 0 Å². The van der Waals surface area contributed by atoms with Crippen molar-refractivity contribution in [2.45, 2.75) is 12.5 Å². The van der Waals surface area contributed by atoms with Crippen molar-refractivity contribution in [1.29, 1.82) is 0 Å². The van der Waals surface area contributed by atoms with Gasteiger partial charge in [-0.15, -0.1) is 0 Å². The molecule has 3 heteroatoms. The molecule has 0 bridgehead atoms. The summed E-state index contributed by atoms with van der Waals surface area (Å²) in [5, 5.41) is 0. The van der Waals surface area contributed by atoms with Gasteiger partial charge in [0.1, 0.15) is 0 Å². The van der Waals surface area contributed by atoms with Gasteiger partial charge in [-0.2, -0.15) is 0 Å². The van der Waals surface area contributed by atoms with Crippen LogP contribution in [0.1, 0.15) is 6.42 Å². The van der Waals surface area contributed by atoms with Crippen molar-refractivity contribution >= 4 is 12.9 Å². The summed E-state index contributed by atoms with van der Waals surface area (Å²) in [5.74, 6) is 0. The monoisotopic (exact) mass is 120 g/mol. The van der Waals surface area contributed by atoms with Gasteiger partial charge < -0.3 is 8.92 Å². The van der Waals surface area contributed by atoms with E-state index < -0.39 is 0 Å². The Morgan fingerprint density at radius 3 is 2.86 bits per heavy atom. The maximum Gasteiger partial charge on any atom is 0.0973 e. The van der Waals surface area contributed by atoms with Crippen molar-refractivity contribution in [3.63, 3.8) is 0 Å². The molecule has 1 atom stereocenters. The van der Waals surface area contributed by atoms with E-state index in [-0.39, 0.29) is 6.10 Å². The molecule has 42 valence electrons. The molecule has 1 fully saturated rings. The van der Waals surface area contributed by atoms with E-state index in [1.54, 1.807) is 0 Å². The van der Waals surface area contributed by atoms with Crippen LogP contribution in [0.5, 0.6) is 0 Å². The third-order valence-electron chi connectivity index (χ3n) is 1.04. The second-order valence-corrected chi connectivity index (χ2v) is 1.80. The van der Waals surface area contributed by atoms with E-state index >= 15 is 0 Å². The van der Waals surface area contributed by atoms with Crippen molar-refractivity contribution in [3.05, 3.63) is 0 Å². The summed E-state index contributed by atoms with van der Waals surface area (Å²) in [6, 6.07) is 0. The van der Waals surface area contributed by atoms with Crippen LogP contribution in [0, 0.1) is 0 Å². The van der Waals surface area contributed by atoms with Crippen LogP contribution in [-0.4, -0.2) is 19.3 Å². The van der Waals surface area contributed by atoms with Crippen LogP contribution in [0.4, 0.5) is 0 Å². The van der Waals surface area contributed by atoms with Crippen molar-refractivity contribution in [2.24, 2.45) is 0 Å². The highest BCUT2D eigenvalue weighted by Gasteiger charge is 2.13. The predicted octanol–water partition coefficient (Wildman–Crippen LogP) is 0.637. The fourth-order valence-electron chi connectivity index (χ4n) is 0.596. The Morgan fingerprint density at radius 2 is 2.57 bits per heavy atom. The van der Waals surface area contributed by atoms with Crippen LogP contribution < -0.4 is 0 Å². The number of hydrogen-bond acceptors (Lipinski definition) is 3. The zero-order valence-electron chi connectivity index (χ0n) is 3.96. The van der Waals surface area contributed by atoms with Gasteiger partial charge >= 0.3 is 0 Å². The topological polar surface area (TPSA) is 18.5 Å². The van der Waals surface area contributed by atoms with Crippen molar-refractivity contribution in [1.82, 2.24) is 0 Å². The van der Waals surface area contributed by atoms with Crippen LogP contribution in [-0.2, 0) is 8.92 Å². The zero-order valence-corrected chi connectivity index (χ0v) is 4.86. The molecule has 1 aliphatic rings. The van der Waals surface area contributed by atoms with E-state index in [1.807, 2.05) is 0 Å². The van der Waals surface area contributed by atoms with Crippen LogP contribution in [0.15, 0.2) is 0 Å². The highest BCUT2D eigenvalue weighted by atomic mass is 32.1. The molecular formula is C4H8O2S. The van der Waals surface area contributed by atoms with Crippen LogP contribution in [0.2, 0.25) is 0 Å². The van der Waals surface area contributed by atoms with E-state index in [2.05, 4.69) is 17.1 Å². The van der Waals surface area contributed by atoms with Gasteiger partial charge in [0.15, 0.2) is 0 Å². The van der Waals surface area contributed by atoms with Crippen molar-refractivity contribution in [2.75, 3.05) is 13.2 Å². The second-order valence-electron chi connectivity index (χ2n) is 1.59. The molecule has 0 amide bonds. The van der Waals surface area contributed by atoms with Gasteiger partial charge in [0.25, 0.3) is 0 Å². The first-order chi connectivity index (χ1) is 3.43. The summed E-state index contributed by atoms with van der Waals surface area (Å²) in [6.45, 7) is 1.54. The van der Waals surface area contributed by atoms with Crippen molar-refractivity contribution in [3.8, 4) is 0 Å². The first kappa shape index (κ1) is 5.41. The Morgan fingerprint density at radius 1 is 1.71 bits per heavy atom. The maximum absolute atomic E-state index is 4.97. The Bertz CT molecular complexity index is 51.7. The minimum Gasteiger partial charge on any atom is -0.379 e. The Kier molecular flexibility index (Phi) is 1.97. The summed E-state index contributed by atoms with van der Waals surface area (Å²) in [4.78, 5) is 0. The Hall–Kier alpha value is 0.270. The van der Waals surface area contributed by atoms with Crippen LogP contribution in [0.25, 0.3) is 0 Å². The third-order valence-corrected chi connectivity index (χ3v) is 1.34. The molecule has 0 aromatic heterocycles. The summed E-state index contributed by atoms with van der Waals surface area (Å²) >= 11 is 3.64. The average molecular weight is 120 g/mol. The lowest BCUT2D eigenvalue weighted by molar-refractivity contribution is 0.156. The summed E-state index contributed by atoms with van der Waals surface area (Å²) in [5.41, 5.74) is 0. The highest BCUT2D eigenvalue weighted by molar-refractivity contribution is 7.75. The first-order valence-corrected chi connectivity index (χ1v) is 2.68. The number of thiol groups is 1. The lowest BCUT2D eigenvalue weighted by Gasteiger charge is -1.98. The summed E-state index contributed by atoms with van der Waals surface area (Å²) < 4.78 is 9.65. The first-order valence-electron chi connectivity index (χ1n) is 2.31. The van der Waals surface area contributed by atoms with Gasteiger partial charge in [0, 0.05) is 13.0 Å². The minimum absolute atomic E-state index is 0.239. The van der Waals surface area contributed by atoms with E-state index in [1.165, 1.54) is 0 Å². The average Bonchev–Trinajstić information content (AvgIpc) is 2.14. The number of rotatable bonds is 1. The molecule has 2 nitrogen and oxygen atoms in total. The molecular weight excluding hydrogens is 112 g/mol. The molecule has 0 N–H and O–H groups in total. The smallest absolute Gasteiger partial charge is 0.0973 e. The zero-order chi connectivity index (χ0) is 5.11. The van der Waals surface area contributed by atoms with Crippen LogP contribution in [0.3, 0.4) is 0 Å². The molecule has 0 radical (unpaired) electrons. The summed E-state index contributed by atoms with van der Waals surface area (Å²) in [6.07, 6.45) is 1.23. The Labute approximate surface area is 48.4 Å². The fourth-order valence-corrected chi connectivity index (χ4v) is 0.762. The molecule has 1 saturated heterocycles. The highest BCUT2D eigenvalue weighted by Crippen LogP contribution is 2.08. The third kappa shape index (κ3) is 1.33. The van der Waals surface area contributed by atoms with Crippen LogP contribution >= 0.6 is 12.9 Å². The van der Waals surface area contributed by atoms with Gasteiger partial charge in [0.2, 0.25) is 0 Å². The van der Waals surface area contributed by atoms with E-state index in [4.69, 9.17) is 4.74 Å². The van der Waals surface area contributed by atoms with Crippen molar-refractivity contribution < 1.29 is 8.92 Å². The second kappa shape index (κ2) is 2.55. The standard InChI is InChI=1S/C4H8O2S/c7-6-4-1-2-5-3-4/h4,7H,1-3H2. The van der Waals surface area contributed by atoms with Gasteiger partial charge in [-0.25, -0.2) is 0 Å². The molecule has 7 heavy (non-hydrogen) atoms. The predicted molar refractivity (Wildman–Crippen MR) is 29.3 cm³/mol. The van der Waals surface area contributed by atoms with E-state index in [0.717, 1.165) is 13.0 Å². The molecule has 1 unspecified atom stereocenters. The molecule has 1 rings (SSSR count). The molecule has 0 aliphatic carbocycles. The SMILES string of the molecule is SOC1CCOC1. The lowest BCUT2D eigenvalue weighted by atomic mass is 10.3. The van der Waals surface area contributed by atoms with Gasteiger partial charge in [0.05, 0.1) is 12.7 Å². The normalized spacial score (nSPS) is 31.3. The van der Waals surface area contributed by atoms with E-state index in [9.17, 15) is 0 Å². The molecule has 1 heterocycles. The molecule has 0 saturated carbocycles. The number of hydrogen-bond donors (Lipinski definition) is 1. The van der Waals surface area contributed by atoms with Gasteiger partial charge in [-0.05, 0) is 12.9 Å². The quantitative estimate of drug-likeness (QED) is 0.404. The molecule has 0 spiro atoms. The number of ether oxygens (including phenoxy) is 1. The Balaban J connectivity index is 2.14. The fraction of sp³-hybridized carbons (Fsp3) is 1.00. The lowest BCUT2D eigenvalue weighted by Crippen LogP contribution is -2.04. The summed E-state index contributed by atoms with van der Waals surface area (Å²) in [7, 11) is 0. The van der Waals surface area contributed by atoms with E-state index in [0.29, 0.717) is 6.61 Å². The molecule has 0 aromatic carbocycles. The minimum atomic E-state index is 0.239. The largest absolute Gasteiger partial charge is 0.379 e. The molecule has 1 aliphatic heterocycles. The van der Waals surface area contributed by atoms with Gasteiger partial charge in [-0.3, -0.25) is 0 Å². The maximum atomic E-state index is 4.97. The molecule has 0 aromatic rings.